The fraction of sp³-hybridized carbons (Fsp3) is 0.590. The van der Waals surface area contributed by atoms with Gasteiger partial charge in [0.2, 0.25) is 5.78 Å². The Morgan fingerprint density at radius 3 is 2.43 bits per heavy atom. The van der Waals surface area contributed by atoms with E-state index >= 15 is 0 Å². The molecule has 46 heavy (non-hydrogen) atoms. The number of fused-ring (bicyclic) bond motifs is 1. The number of benzene rings is 1. The molecular formula is C39H50N2O5. The lowest BCUT2D eigenvalue weighted by Gasteiger charge is -2.71. The lowest BCUT2D eigenvalue weighted by molar-refractivity contribution is -0.174. The van der Waals surface area contributed by atoms with E-state index in [1.165, 1.54) is 0 Å². The van der Waals surface area contributed by atoms with Gasteiger partial charge in [0.25, 0.3) is 0 Å². The Morgan fingerprint density at radius 1 is 1.00 bits per heavy atom. The second kappa shape index (κ2) is 10.9. The second-order valence-electron chi connectivity index (χ2n) is 15.6. The number of allylic oxidation sites excluding steroid dienone is 4. The van der Waals surface area contributed by atoms with E-state index in [4.69, 9.17) is 4.42 Å². The summed E-state index contributed by atoms with van der Waals surface area (Å²) in [6.45, 7) is 9.47. The van der Waals surface area contributed by atoms with Crippen LogP contribution in [0, 0.1) is 33.5 Å². The summed E-state index contributed by atoms with van der Waals surface area (Å²) in [5.74, 6) is 0.483. The third kappa shape index (κ3) is 4.30. The highest BCUT2D eigenvalue weighted by molar-refractivity contribution is 6.08. The van der Waals surface area contributed by atoms with Crippen LogP contribution in [0.4, 0.5) is 4.79 Å². The van der Waals surface area contributed by atoms with Crippen molar-refractivity contribution in [2.24, 2.45) is 33.5 Å². The number of nitrogens with one attached hydrogen (secondary N) is 1. The molecule has 7 heteroatoms. The fourth-order valence-electron chi connectivity index (χ4n) is 11.1. The van der Waals surface area contributed by atoms with Gasteiger partial charge in [0.1, 0.15) is 0 Å². The van der Waals surface area contributed by atoms with Crippen molar-refractivity contribution in [3.63, 3.8) is 0 Å². The quantitative estimate of drug-likeness (QED) is 0.212. The zero-order chi connectivity index (χ0) is 32.5. The molecule has 3 saturated carbocycles. The Morgan fingerprint density at radius 2 is 1.72 bits per heavy atom. The maximum absolute atomic E-state index is 14.4. The second-order valence-corrected chi connectivity index (χ2v) is 15.6. The smallest absolute Gasteiger partial charge is 0.317 e. The lowest BCUT2D eigenvalue weighted by Crippen LogP contribution is -2.67. The van der Waals surface area contributed by atoms with E-state index in [2.05, 4.69) is 44.3 Å². The van der Waals surface area contributed by atoms with Crippen LogP contribution in [0.15, 0.2) is 76.9 Å². The predicted molar refractivity (Wildman–Crippen MR) is 177 cm³/mol. The van der Waals surface area contributed by atoms with Crippen LogP contribution in [0.2, 0.25) is 0 Å². The van der Waals surface area contributed by atoms with Crippen LogP contribution in [0.3, 0.4) is 0 Å². The summed E-state index contributed by atoms with van der Waals surface area (Å²) in [6, 6.07) is 13.1. The van der Waals surface area contributed by atoms with E-state index in [-0.39, 0.29) is 47.1 Å². The number of aliphatic hydroxyl groups excluding tert-OH is 1. The standard InChI is InChI=1S/C39H50N2O5/c1-5-21-41(34(44)40-26(2)27-10-7-6-8-11-27)25-38(45)18-15-32-36(38,4)17-14-31-35(3)16-13-28(42)23-37(35)19-20-39(31,32)29(24-37)33(43)30-12-9-22-46-30/h6-12,19-20,22,24,26,28,31-32,42,45H,5,13-18,21,23,25H2,1-4H3,(H,40,44). The molecular weight excluding hydrogens is 576 g/mol. The van der Waals surface area contributed by atoms with Crippen LogP contribution in [0.5, 0.6) is 0 Å². The highest BCUT2D eigenvalue weighted by Crippen LogP contribution is 2.78. The third-order valence-corrected chi connectivity index (χ3v) is 13.6. The average Bonchev–Trinajstić information content (AvgIpc) is 3.67. The molecule has 2 spiro atoms. The number of ketones is 1. The predicted octanol–water partition coefficient (Wildman–Crippen LogP) is 7.24. The van der Waals surface area contributed by atoms with Gasteiger partial charge in [0, 0.05) is 28.4 Å². The SMILES string of the molecule is CCCN(CC1(O)CCC2C34C=CC5(C=C3C(=O)c3ccco3)CC(O)CCC5(C)C4CCC21C)C(=O)NC(C)c1ccccc1. The number of Topliss-reactive ketones (excluding diaryl/α,β-unsaturated/α-hetero) is 1. The molecule has 2 bridgehead atoms. The zero-order valence-corrected chi connectivity index (χ0v) is 27.8. The summed E-state index contributed by atoms with van der Waals surface area (Å²) >= 11 is 0. The number of aliphatic hydroxyl groups is 2. The molecule has 9 atom stereocenters. The summed E-state index contributed by atoms with van der Waals surface area (Å²) in [7, 11) is 0. The first-order valence-electron chi connectivity index (χ1n) is 17.5. The molecule has 8 rings (SSSR count). The van der Waals surface area contributed by atoms with Crippen LogP contribution in [-0.2, 0) is 0 Å². The normalized spacial score (nSPS) is 39.5. The summed E-state index contributed by atoms with van der Waals surface area (Å²) in [5, 5.41) is 26.9. The summed E-state index contributed by atoms with van der Waals surface area (Å²) in [5.41, 5.74) is -0.850. The molecule has 9 unspecified atom stereocenters. The Kier molecular flexibility index (Phi) is 7.48. The van der Waals surface area contributed by atoms with Gasteiger partial charge in [-0.1, -0.05) is 69.3 Å². The van der Waals surface area contributed by atoms with Crippen molar-refractivity contribution >= 4 is 11.8 Å². The summed E-state index contributed by atoms with van der Waals surface area (Å²) in [4.78, 5) is 30.0. The van der Waals surface area contributed by atoms with Gasteiger partial charge in [0.05, 0.1) is 30.6 Å². The average molecular weight is 627 g/mol. The van der Waals surface area contributed by atoms with Crippen LogP contribution in [-0.4, -0.2) is 51.7 Å². The minimum absolute atomic E-state index is 0.0157. The molecule has 2 amide bonds. The van der Waals surface area contributed by atoms with Gasteiger partial charge in [-0.15, -0.1) is 0 Å². The van der Waals surface area contributed by atoms with Crippen LogP contribution >= 0.6 is 0 Å². The van der Waals surface area contributed by atoms with Gasteiger partial charge in [-0.25, -0.2) is 4.79 Å². The van der Waals surface area contributed by atoms with Crippen molar-refractivity contribution in [2.45, 2.75) is 96.8 Å². The van der Waals surface area contributed by atoms with Crippen molar-refractivity contribution in [3.8, 4) is 0 Å². The van der Waals surface area contributed by atoms with Crippen molar-refractivity contribution in [1.29, 1.82) is 0 Å². The fourth-order valence-corrected chi connectivity index (χ4v) is 11.1. The monoisotopic (exact) mass is 626 g/mol. The number of furan rings is 1. The Labute approximate surface area is 273 Å². The first kappa shape index (κ1) is 31.4. The number of amides is 2. The van der Waals surface area contributed by atoms with Gasteiger partial charge >= 0.3 is 6.03 Å². The molecule has 1 heterocycles. The zero-order valence-electron chi connectivity index (χ0n) is 27.8. The highest BCUT2D eigenvalue weighted by atomic mass is 16.3. The third-order valence-electron chi connectivity index (χ3n) is 13.6. The number of hydrogen-bond acceptors (Lipinski definition) is 5. The molecule has 7 nitrogen and oxygen atoms in total. The van der Waals surface area contributed by atoms with E-state index < -0.39 is 22.5 Å². The largest absolute Gasteiger partial charge is 0.461 e. The Balaban J connectivity index is 1.25. The first-order valence-corrected chi connectivity index (χ1v) is 17.5. The molecule has 6 aliphatic carbocycles. The molecule has 2 aromatic rings. The van der Waals surface area contributed by atoms with E-state index in [9.17, 15) is 19.8 Å². The number of carbonyl (C=O) groups excluding carboxylic acids is 2. The van der Waals surface area contributed by atoms with Gasteiger partial charge in [0.15, 0.2) is 5.76 Å². The van der Waals surface area contributed by atoms with Crippen molar-refractivity contribution in [1.82, 2.24) is 10.2 Å². The van der Waals surface area contributed by atoms with Crippen molar-refractivity contribution in [3.05, 3.63) is 83.9 Å². The van der Waals surface area contributed by atoms with Gasteiger partial charge in [-0.2, -0.15) is 0 Å². The van der Waals surface area contributed by atoms with E-state index in [0.717, 1.165) is 49.7 Å². The van der Waals surface area contributed by atoms with Crippen LogP contribution in [0.25, 0.3) is 0 Å². The van der Waals surface area contributed by atoms with Crippen LogP contribution in [0.1, 0.15) is 101 Å². The minimum atomic E-state index is -1.11. The highest BCUT2D eigenvalue weighted by Gasteiger charge is 2.74. The first-order chi connectivity index (χ1) is 21.9. The van der Waals surface area contributed by atoms with Crippen molar-refractivity contribution < 1.29 is 24.2 Å². The lowest BCUT2D eigenvalue weighted by atomic mass is 9.32. The maximum Gasteiger partial charge on any atom is 0.317 e. The van der Waals surface area contributed by atoms with Gasteiger partial charge < -0.3 is 24.8 Å². The minimum Gasteiger partial charge on any atom is -0.461 e. The van der Waals surface area contributed by atoms with E-state index in [1.54, 1.807) is 18.4 Å². The van der Waals surface area contributed by atoms with Crippen molar-refractivity contribution in [2.75, 3.05) is 13.1 Å². The van der Waals surface area contributed by atoms with E-state index in [1.807, 2.05) is 42.2 Å². The molecule has 246 valence electrons. The number of hydrogen-bond donors (Lipinski definition) is 3. The molecule has 0 radical (unpaired) electrons. The Hall–Kier alpha value is -3.16. The van der Waals surface area contributed by atoms with E-state index in [0.29, 0.717) is 25.1 Å². The topological polar surface area (TPSA) is 103 Å². The van der Waals surface area contributed by atoms with Crippen LogP contribution < -0.4 is 5.32 Å². The number of nitrogens with zero attached hydrogens (tertiary/aromatic N) is 1. The summed E-state index contributed by atoms with van der Waals surface area (Å²) < 4.78 is 5.70. The molecule has 1 aromatic carbocycles. The Bertz CT molecular complexity index is 1550. The number of urea groups is 1. The molecule has 3 fully saturated rings. The molecule has 6 aliphatic rings. The van der Waals surface area contributed by atoms with Gasteiger partial charge in [-0.3, -0.25) is 4.79 Å². The molecule has 1 aromatic heterocycles. The number of rotatable bonds is 8. The van der Waals surface area contributed by atoms with Gasteiger partial charge in [-0.05, 0) is 93.2 Å². The molecule has 0 saturated heterocycles. The number of carbonyl (C=O) groups is 2. The molecule has 0 aliphatic heterocycles. The maximum atomic E-state index is 14.4. The molecule has 3 N–H and O–H groups in total. The summed E-state index contributed by atoms with van der Waals surface area (Å²) in [6.07, 6.45) is 14.1.